The monoisotopic (exact) mass is 153 g/mol. The third-order valence-electron chi connectivity index (χ3n) is 1.49. The number of carboxylic acid groups (broad SMARTS) is 1. The van der Waals surface area contributed by atoms with Crippen LogP contribution in [0.15, 0.2) is 16.6 Å². The first-order chi connectivity index (χ1) is 5.13. The van der Waals surface area contributed by atoms with E-state index in [2.05, 4.69) is 4.99 Å². The molecule has 11 heavy (non-hydrogen) atoms. The van der Waals surface area contributed by atoms with E-state index >= 15 is 0 Å². The lowest BCUT2D eigenvalue weighted by Crippen LogP contribution is -2.25. The molecule has 0 aromatic heterocycles. The van der Waals surface area contributed by atoms with Crippen molar-refractivity contribution < 1.29 is 14.7 Å². The Bertz CT molecular complexity index is 265. The van der Waals surface area contributed by atoms with Crippen LogP contribution in [-0.2, 0) is 9.59 Å². The van der Waals surface area contributed by atoms with Crippen LogP contribution in [0.3, 0.4) is 0 Å². The molecule has 0 radical (unpaired) electrons. The fourth-order valence-electron chi connectivity index (χ4n) is 0.894. The molecular formula is C7H7NO3. The third-order valence-corrected chi connectivity index (χ3v) is 1.49. The van der Waals surface area contributed by atoms with Gasteiger partial charge in [0.15, 0.2) is 5.92 Å². The molecule has 0 saturated heterocycles. The quantitative estimate of drug-likeness (QED) is 0.549. The molecule has 4 heteroatoms. The van der Waals surface area contributed by atoms with Gasteiger partial charge in [0.25, 0.3) is 5.91 Å². The fraction of sp³-hybridized carbons (Fsp3) is 0.286. The zero-order chi connectivity index (χ0) is 8.43. The Morgan fingerprint density at radius 3 is 2.73 bits per heavy atom. The molecule has 1 rings (SSSR count). The van der Waals surface area contributed by atoms with E-state index in [-0.39, 0.29) is 0 Å². The minimum absolute atomic E-state index is 0.525. The predicted octanol–water partition coefficient (Wildman–Crippen LogP) is 0.244. The fourth-order valence-corrected chi connectivity index (χ4v) is 0.894. The summed E-state index contributed by atoms with van der Waals surface area (Å²) in [5.74, 6) is -2.81. The molecule has 1 aliphatic rings. The molecule has 0 spiro atoms. The van der Waals surface area contributed by atoms with Gasteiger partial charge in [-0.2, -0.15) is 0 Å². The number of dihydropyridines is 1. The number of nitrogens with zero attached hydrogens (tertiary/aromatic N) is 1. The van der Waals surface area contributed by atoms with E-state index in [4.69, 9.17) is 5.11 Å². The van der Waals surface area contributed by atoms with Gasteiger partial charge >= 0.3 is 5.97 Å². The smallest absolute Gasteiger partial charge is 0.320 e. The SMILES string of the molecule is CC1=CC=NC(=O)C1C(=O)O. The normalized spacial score (nSPS) is 23.2. The molecule has 1 aliphatic heterocycles. The van der Waals surface area contributed by atoms with Gasteiger partial charge in [0.05, 0.1) is 0 Å². The average molecular weight is 153 g/mol. The van der Waals surface area contributed by atoms with Crippen LogP contribution in [0.2, 0.25) is 0 Å². The zero-order valence-electron chi connectivity index (χ0n) is 5.94. The number of hydrogen-bond acceptors (Lipinski definition) is 2. The zero-order valence-corrected chi connectivity index (χ0v) is 5.94. The molecule has 0 aliphatic carbocycles. The second kappa shape index (κ2) is 2.65. The topological polar surface area (TPSA) is 66.7 Å². The number of carboxylic acids is 1. The van der Waals surface area contributed by atoms with Gasteiger partial charge in [-0.3, -0.25) is 9.59 Å². The average Bonchev–Trinajstić information content (AvgIpc) is 1.85. The Morgan fingerprint density at radius 1 is 1.73 bits per heavy atom. The first-order valence-corrected chi connectivity index (χ1v) is 3.10. The Hall–Kier alpha value is -1.45. The standard InChI is InChI=1S/C7H7NO3/c1-4-2-3-8-6(9)5(4)7(10)11/h2-3,5H,1H3,(H,10,11). The molecule has 1 amide bonds. The van der Waals surface area contributed by atoms with E-state index in [0.717, 1.165) is 0 Å². The van der Waals surface area contributed by atoms with E-state index in [1.54, 1.807) is 6.92 Å². The van der Waals surface area contributed by atoms with Gasteiger partial charge in [-0.05, 0) is 18.6 Å². The maximum atomic E-state index is 10.8. The number of carbonyl (C=O) groups is 2. The lowest BCUT2D eigenvalue weighted by atomic mass is 9.98. The lowest BCUT2D eigenvalue weighted by Gasteiger charge is -2.10. The summed E-state index contributed by atoms with van der Waals surface area (Å²) in [5.41, 5.74) is 0.525. The van der Waals surface area contributed by atoms with Crippen molar-refractivity contribution in [3.8, 4) is 0 Å². The molecule has 4 nitrogen and oxygen atoms in total. The summed E-state index contributed by atoms with van der Waals surface area (Å²) in [6.45, 7) is 1.60. The van der Waals surface area contributed by atoms with Crippen LogP contribution in [0.1, 0.15) is 6.92 Å². The number of amides is 1. The molecule has 0 saturated carbocycles. The van der Waals surface area contributed by atoms with Crippen molar-refractivity contribution in [2.45, 2.75) is 6.92 Å². The van der Waals surface area contributed by atoms with E-state index in [1.165, 1.54) is 12.3 Å². The van der Waals surface area contributed by atoms with Gasteiger partial charge in [-0.25, -0.2) is 4.99 Å². The van der Waals surface area contributed by atoms with Crippen LogP contribution in [0.25, 0.3) is 0 Å². The van der Waals surface area contributed by atoms with Gasteiger partial charge in [-0.15, -0.1) is 0 Å². The van der Waals surface area contributed by atoms with E-state index in [0.29, 0.717) is 5.57 Å². The highest BCUT2D eigenvalue weighted by Gasteiger charge is 2.28. The van der Waals surface area contributed by atoms with Crippen LogP contribution >= 0.6 is 0 Å². The third kappa shape index (κ3) is 1.34. The number of hydrogen-bond donors (Lipinski definition) is 1. The van der Waals surface area contributed by atoms with Crippen molar-refractivity contribution in [1.82, 2.24) is 0 Å². The molecule has 1 N–H and O–H groups in total. The molecule has 0 bridgehead atoms. The first-order valence-electron chi connectivity index (χ1n) is 3.10. The van der Waals surface area contributed by atoms with Crippen molar-refractivity contribution in [3.05, 3.63) is 11.6 Å². The molecule has 1 unspecified atom stereocenters. The Balaban J connectivity index is 2.95. The van der Waals surface area contributed by atoms with Crippen molar-refractivity contribution >= 4 is 18.1 Å². The van der Waals surface area contributed by atoms with Crippen LogP contribution in [0, 0.1) is 5.92 Å². The number of aliphatic imine (C=N–C) groups is 1. The number of allylic oxidation sites excluding steroid dienone is 1. The highest BCUT2D eigenvalue weighted by Crippen LogP contribution is 2.14. The van der Waals surface area contributed by atoms with Crippen molar-refractivity contribution in [2.24, 2.45) is 10.9 Å². The molecule has 0 aromatic carbocycles. The van der Waals surface area contributed by atoms with Crippen molar-refractivity contribution in [3.63, 3.8) is 0 Å². The van der Waals surface area contributed by atoms with Gasteiger partial charge in [0.2, 0.25) is 0 Å². The summed E-state index contributed by atoms with van der Waals surface area (Å²) in [7, 11) is 0. The lowest BCUT2D eigenvalue weighted by molar-refractivity contribution is -0.144. The minimum Gasteiger partial charge on any atom is -0.480 e. The maximum absolute atomic E-state index is 10.8. The second-order valence-corrected chi connectivity index (χ2v) is 2.30. The second-order valence-electron chi connectivity index (χ2n) is 2.30. The first kappa shape index (κ1) is 7.65. The summed E-state index contributed by atoms with van der Waals surface area (Å²) in [4.78, 5) is 24.6. The summed E-state index contributed by atoms with van der Waals surface area (Å²) in [5, 5.41) is 8.54. The largest absolute Gasteiger partial charge is 0.480 e. The van der Waals surface area contributed by atoms with Crippen molar-refractivity contribution in [2.75, 3.05) is 0 Å². The maximum Gasteiger partial charge on any atom is 0.320 e. The summed E-state index contributed by atoms with van der Waals surface area (Å²) in [6.07, 6.45) is 2.84. The molecule has 1 atom stereocenters. The Morgan fingerprint density at radius 2 is 2.36 bits per heavy atom. The van der Waals surface area contributed by atoms with Crippen molar-refractivity contribution in [1.29, 1.82) is 0 Å². The minimum atomic E-state index is -1.14. The van der Waals surface area contributed by atoms with Gasteiger partial charge in [0.1, 0.15) is 0 Å². The highest BCUT2D eigenvalue weighted by molar-refractivity contribution is 6.06. The van der Waals surface area contributed by atoms with Crippen LogP contribution in [0.5, 0.6) is 0 Å². The predicted molar refractivity (Wildman–Crippen MR) is 38.4 cm³/mol. The van der Waals surface area contributed by atoms with Crippen LogP contribution in [-0.4, -0.2) is 23.2 Å². The molecule has 0 fully saturated rings. The molecular weight excluding hydrogens is 146 g/mol. The van der Waals surface area contributed by atoms with E-state index < -0.39 is 17.8 Å². The number of carbonyl (C=O) groups excluding carboxylic acids is 1. The van der Waals surface area contributed by atoms with Crippen LogP contribution < -0.4 is 0 Å². The summed E-state index contributed by atoms with van der Waals surface area (Å²) < 4.78 is 0. The Kier molecular flexibility index (Phi) is 1.85. The summed E-state index contributed by atoms with van der Waals surface area (Å²) in [6, 6.07) is 0. The van der Waals surface area contributed by atoms with E-state index in [1.807, 2.05) is 0 Å². The summed E-state index contributed by atoms with van der Waals surface area (Å²) >= 11 is 0. The molecule has 58 valence electrons. The van der Waals surface area contributed by atoms with E-state index in [9.17, 15) is 9.59 Å². The highest BCUT2D eigenvalue weighted by atomic mass is 16.4. The molecule has 1 heterocycles. The van der Waals surface area contributed by atoms with Crippen LogP contribution in [0.4, 0.5) is 0 Å². The molecule has 0 aromatic rings. The van der Waals surface area contributed by atoms with Gasteiger partial charge < -0.3 is 5.11 Å². The Labute approximate surface area is 63.2 Å². The van der Waals surface area contributed by atoms with Gasteiger partial charge in [-0.1, -0.05) is 0 Å². The van der Waals surface area contributed by atoms with Gasteiger partial charge in [0, 0.05) is 6.21 Å². The number of rotatable bonds is 1. The number of aliphatic carboxylic acids is 1.